The lowest BCUT2D eigenvalue weighted by molar-refractivity contribution is -0.156. The minimum absolute atomic E-state index is 0.223. The second kappa shape index (κ2) is 11.3. The van der Waals surface area contributed by atoms with Gasteiger partial charge in [-0.25, -0.2) is 14.3 Å². The smallest absolute Gasteiger partial charge is 0.410 e. The third-order valence-corrected chi connectivity index (χ3v) is 7.41. The molecule has 1 aliphatic heterocycles. The number of halogens is 1. The predicted molar refractivity (Wildman–Crippen MR) is 131 cm³/mol. The quantitative estimate of drug-likeness (QED) is 0.244. The summed E-state index contributed by atoms with van der Waals surface area (Å²) in [7, 11) is -1.18. The molecule has 9 nitrogen and oxygen atoms in total. The highest BCUT2D eigenvalue weighted by molar-refractivity contribution is 9.10. The maximum Gasteiger partial charge on any atom is 0.410 e. The van der Waals surface area contributed by atoms with Crippen LogP contribution in [0.2, 0.25) is 25.7 Å². The van der Waals surface area contributed by atoms with Gasteiger partial charge in [0.05, 0.1) is 18.8 Å². The Bertz CT molecular complexity index is 820. The average molecular weight is 549 g/mol. The normalized spacial score (nSPS) is 19.1. The van der Waals surface area contributed by atoms with Crippen molar-refractivity contribution >= 4 is 36.1 Å². The number of amides is 1. The summed E-state index contributed by atoms with van der Waals surface area (Å²) in [6.45, 7) is 15.8. The van der Waals surface area contributed by atoms with Crippen molar-refractivity contribution in [3.63, 3.8) is 0 Å². The van der Waals surface area contributed by atoms with Crippen molar-refractivity contribution in [2.45, 2.75) is 77.7 Å². The first-order valence-electron chi connectivity index (χ1n) is 11.3. The van der Waals surface area contributed by atoms with E-state index in [1.807, 2.05) is 26.8 Å². The van der Waals surface area contributed by atoms with Crippen LogP contribution in [0.4, 0.5) is 4.79 Å². The van der Waals surface area contributed by atoms with Crippen molar-refractivity contribution in [1.29, 1.82) is 0 Å². The van der Waals surface area contributed by atoms with Crippen molar-refractivity contribution in [3.05, 3.63) is 16.4 Å². The molecule has 1 unspecified atom stereocenters. The van der Waals surface area contributed by atoms with Crippen molar-refractivity contribution in [2.24, 2.45) is 0 Å². The molecule has 1 aliphatic rings. The Balaban J connectivity index is 2.17. The molecule has 11 heteroatoms. The van der Waals surface area contributed by atoms with Gasteiger partial charge in [-0.05, 0) is 55.7 Å². The first kappa shape index (κ1) is 27.8. The molecule has 188 valence electrons. The zero-order chi connectivity index (χ0) is 24.9. The summed E-state index contributed by atoms with van der Waals surface area (Å²) < 4.78 is 24.9. The fourth-order valence-corrected chi connectivity index (χ4v) is 4.46. The molecule has 0 radical (unpaired) electrons. The first-order chi connectivity index (χ1) is 15.2. The monoisotopic (exact) mass is 547 g/mol. The number of rotatable bonds is 10. The molecule has 1 saturated heterocycles. The van der Waals surface area contributed by atoms with Gasteiger partial charge >= 0.3 is 12.1 Å². The van der Waals surface area contributed by atoms with Crippen LogP contribution in [0.3, 0.4) is 0 Å². The number of nitrogens with zero attached hydrogens (tertiary/aromatic N) is 3. The zero-order valence-electron chi connectivity index (χ0n) is 20.9. The van der Waals surface area contributed by atoms with E-state index in [0.717, 1.165) is 10.6 Å². The number of carbonyl (C=O) groups is 2. The molecule has 0 aromatic carbocycles. The van der Waals surface area contributed by atoms with Gasteiger partial charge in [0.1, 0.15) is 29.1 Å². The van der Waals surface area contributed by atoms with Crippen LogP contribution in [0.25, 0.3) is 0 Å². The van der Waals surface area contributed by atoms with Crippen LogP contribution in [0.1, 0.15) is 39.8 Å². The fraction of sp³-hybridized carbons (Fsp3) is 0.773. The Morgan fingerprint density at radius 2 is 1.97 bits per heavy atom. The molecule has 0 aliphatic carbocycles. The summed E-state index contributed by atoms with van der Waals surface area (Å²) in [6.07, 6.45) is 0.0586. The minimum atomic E-state index is -1.18. The zero-order valence-corrected chi connectivity index (χ0v) is 23.5. The van der Waals surface area contributed by atoms with Gasteiger partial charge in [-0.2, -0.15) is 5.10 Å². The number of hydrogen-bond donors (Lipinski definition) is 0. The third-order valence-electron chi connectivity index (χ3n) is 5.06. The highest BCUT2D eigenvalue weighted by Gasteiger charge is 2.46. The molecule has 0 saturated carbocycles. The van der Waals surface area contributed by atoms with Crippen molar-refractivity contribution in [2.75, 3.05) is 32.9 Å². The molecule has 33 heavy (non-hydrogen) atoms. The standard InChI is InChI=1S/C22H38BrN3O6Si/c1-8-30-19(27)14-31-22(9-10-25(15-22)20(28)32-21(2,3)4)17-13-18(23)26(24-17)16-29-11-12-33(5,6)7/h13H,8-12,14-16H2,1-7H3. The molecule has 1 amide bonds. The van der Waals surface area contributed by atoms with Gasteiger partial charge < -0.3 is 23.8 Å². The Morgan fingerprint density at radius 1 is 1.27 bits per heavy atom. The van der Waals surface area contributed by atoms with E-state index in [-0.39, 0.29) is 19.8 Å². The van der Waals surface area contributed by atoms with Crippen molar-refractivity contribution in [1.82, 2.24) is 14.7 Å². The SMILES string of the molecule is CCOC(=O)COC1(c2cc(Br)n(COCC[Si](C)(C)C)n2)CCN(C(=O)OC(C)(C)C)C1. The van der Waals surface area contributed by atoms with Crippen LogP contribution < -0.4 is 0 Å². The van der Waals surface area contributed by atoms with E-state index in [0.29, 0.717) is 32.0 Å². The number of likely N-dealkylation sites (tertiary alicyclic amines) is 1. The molecule has 1 atom stereocenters. The Labute approximate surface area is 206 Å². The first-order valence-corrected chi connectivity index (χ1v) is 15.8. The van der Waals surface area contributed by atoms with E-state index in [4.69, 9.17) is 24.0 Å². The number of ether oxygens (including phenoxy) is 4. The molecule has 1 fully saturated rings. The molecule has 0 bridgehead atoms. The fourth-order valence-electron chi connectivity index (χ4n) is 3.30. The van der Waals surface area contributed by atoms with Gasteiger partial charge in [-0.15, -0.1) is 0 Å². The second-order valence-electron chi connectivity index (χ2n) is 10.4. The van der Waals surface area contributed by atoms with E-state index in [9.17, 15) is 9.59 Å². The maximum absolute atomic E-state index is 12.7. The van der Waals surface area contributed by atoms with Gasteiger partial charge in [-0.1, -0.05) is 19.6 Å². The lowest BCUT2D eigenvalue weighted by atomic mass is 9.99. The number of aromatic nitrogens is 2. The third kappa shape index (κ3) is 8.69. The largest absolute Gasteiger partial charge is 0.464 e. The molecule has 1 aromatic rings. The van der Waals surface area contributed by atoms with E-state index in [2.05, 4.69) is 35.6 Å². The average Bonchev–Trinajstić information content (AvgIpc) is 3.27. The number of esters is 1. The van der Waals surface area contributed by atoms with Crippen LogP contribution in [-0.4, -0.2) is 73.3 Å². The number of hydrogen-bond acceptors (Lipinski definition) is 7. The molecule has 1 aromatic heterocycles. The summed E-state index contributed by atoms with van der Waals surface area (Å²) in [5.41, 5.74) is -0.930. The van der Waals surface area contributed by atoms with Crippen LogP contribution in [0.5, 0.6) is 0 Å². The summed E-state index contributed by atoms with van der Waals surface area (Å²) in [5.74, 6) is -0.458. The van der Waals surface area contributed by atoms with E-state index in [1.54, 1.807) is 16.5 Å². The second-order valence-corrected chi connectivity index (χ2v) is 16.9. The Kier molecular flexibility index (Phi) is 9.55. The van der Waals surface area contributed by atoms with Gasteiger partial charge in [0.25, 0.3) is 0 Å². The highest BCUT2D eigenvalue weighted by atomic mass is 79.9. The summed E-state index contributed by atoms with van der Waals surface area (Å²) in [5, 5.41) is 4.69. The van der Waals surface area contributed by atoms with Gasteiger partial charge in [0.15, 0.2) is 0 Å². The molecule has 0 N–H and O–H groups in total. The Hall–Kier alpha value is -1.43. The lowest BCUT2D eigenvalue weighted by Gasteiger charge is -2.28. The highest BCUT2D eigenvalue weighted by Crippen LogP contribution is 2.37. The topological polar surface area (TPSA) is 92.1 Å². The van der Waals surface area contributed by atoms with Crippen molar-refractivity contribution in [3.8, 4) is 0 Å². The lowest BCUT2D eigenvalue weighted by Crippen LogP contribution is -2.40. The van der Waals surface area contributed by atoms with Crippen molar-refractivity contribution < 1.29 is 28.5 Å². The summed E-state index contributed by atoms with van der Waals surface area (Å²) in [4.78, 5) is 26.2. The Morgan fingerprint density at radius 3 is 2.58 bits per heavy atom. The van der Waals surface area contributed by atoms with Crippen LogP contribution >= 0.6 is 15.9 Å². The van der Waals surface area contributed by atoms with Crippen LogP contribution in [0.15, 0.2) is 10.7 Å². The summed E-state index contributed by atoms with van der Waals surface area (Å²) >= 11 is 3.55. The van der Waals surface area contributed by atoms with E-state index >= 15 is 0 Å². The molecule has 2 rings (SSSR count). The molecular formula is C22H38BrN3O6Si. The predicted octanol–water partition coefficient (Wildman–Crippen LogP) is 4.37. The van der Waals surface area contributed by atoms with Gasteiger partial charge in [0, 0.05) is 27.6 Å². The number of carbonyl (C=O) groups excluding carboxylic acids is 2. The van der Waals surface area contributed by atoms with E-state index < -0.39 is 31.3 Å². The van der Waals surface area contributed by atoms with Gasteiger partial charge in [-0.3, -0.25) is 0 Å². The minimum Gasteiger partial charge on any atom is -0.464 e. The molecule has 0 spiro atoms. The van der Waals surface area contributed by atoms with Crippen LogP contribution in [0, 0.1) is 0 Å². The molecular weight excluding hydrogens is 510 g/mol. The van der Waals surface area contributed by atoms with E-state index in [1.165, 1.54) is 0 Å². The van der Waals surface area contributed by atoms with Crippen LogP contribution in [-0.2, 0) is 36.1 Å². The van der Waals surface area contributed by atoms with Gasteiger partial charge in [0.2, 0.25) is 0 Å². The summed E-state index contributed by atoms with van der Waals surface area (Å²) in [6, 6.07) is 2.92. The molecule has 2 heterocycles. The maximum atomic E-state index is 12.7.